The molecule has 0 atom stereocenters. The lowest BCUT2D eigenvalue weighted by Gasteiger charge is -2.24. The minimum Gasteiger partial charge on any atom is -0.370 e. The molecule has 0 heterocycles. The van der Waals surface area contributed by atoms with Gasteiger partial charge in [0.2, 0.25) is 0 Å². The van der Waals surface area contributed by atoms with E-state index in [1.165, 1.54) is 18.2 Å². The van der Waals surface area contributed by atoms with E-state index in [1.54, 1.807) is 0 Å². The molecule has 10 nitrogen and oxygen atoms in total. The first kappa shape index (κ1) is 21.5. The van der Waals surface area contributed by atoms with E-state index in [0.717, 1.165) is 0 Å². The number of benzene rings is 1. The number of nitrogens with one attached hydrogen (secondary N) is 1. The SMILES string of the molecule is CCN(CCBr)c1ccc([N+](=O)[O-])cc1C(=O)NCCOP(=O)(O)O. The molecule has 3 N–H and O–H groups in total. The molecule has 0 spiro atoms. The quantitative estimate of drug-likeness (QED) is 0.164. The first-order valence-electron chi connectivity index (χ1n) is 7.27. The van der Waals surface area contributed by atoms with Gasteiger partial charge in [-0.15, -0.1) is 0 Å². The number of alkyl halides is 1. The number of rotatable bonds is 10. The summed E-state index contributed by atoms with van der Waals surface area (Å²) in [6, 6.07) is 4.00. The molecule has 1 rings (SSSR count). The van der Waals surface area contributed by atoms with Crippen molar-refractivity contribution in [3.63, 3.8) is 0 Å². The molecular formula is C13H19BrN3O7P. The Morgan fingerprint density at radius 2 is 2.16 bits per heavy atom. The molecule has 0 aromatic heterocycles. The Hall–Kier alpha value is -1.52. The van der Waals surface area contributed by atoms with Crippen LogP contribution in [0.25, 0.3) is 0 Å². The molecule has 1 aromatic rings. The number of halogens is 1. The second-order valence-electron chi connectivity index (χ2n) is 4.81. The number of nitro groups is 1. The van der Waals surface area contributed by atoms with Gasteiger partial charge in [-0.1, -0.05) is 15.9 Å². The van der Waals surface area contributed by atoms with Crippen LogP contribution in [0.4, 0.5) is 11.4 Å². The Bertz CT molecular complexity index is 667. The standard InChI is InChI=1S/C13H19BrN3O7P/c1-2-16(7-5-14)12-4-3-10(17(19)20)9-11(12)13(18)15-6-8-24-25(21,22)23/h3-4,9H,2,5-8H2,1H3,(H,15,18)(H2,21,22,23). The third-order valence-electron chi connectivity index (χ3n) is 3.16. The molecule has 25 heavy (non-hydrogen) atoms. The molecule has 1 aromatic carbocycles. The van der Waals surface area contributed by atoms with Crippen LogP contribution >= 0.6 is 23.8 Å². The number of phosphoric ester groups is 1. The number of nitro benzene ring substituents is 1. The predicted octanol–water partition coefficient (Wildman–Crippen LogP) is 1.66. The third-order valence-corrected chi connectivity index (χ3v) is 4.03. The van der Waals surface area contributed by atoms with Crippen LogP contribution in [0.15, 0.2) is 18.2 Å². The van der Waals surface area contributed by atoms with Crippen molar-refractivity contribution in [2.75, 3.05) is 36.5 Å². The van der Waals surface area contributed by atoms with Gasteiger partial charge < -0.3 is 20.0 Å². The van der Waals surface area contributed by atoms with Crippen LogP contribution in [0.2, 0.25) is 0 Å². The highest BCUT2D eigenvalue weighted by molar-refractivity contribution is 9.09. The number of phosphoric acid groups is 1. The van der Waals surface area contributed by atoms with Crippen molar-refractivity contribution in [2.24, 2.45) is 0 Å². The van der Waals surface area contributed by atoms with E-state index in [1.807, 2.05) is 11.8 Å². The van der Waals surface area contributed by atoms with Crippen molar-refractivity contribution in [2.45, 2.75) is 6.92 Å². The van der Waals surface area contributed by atoms with Crippen LogP contribution < -0.4 is 10.2 Å². The van der Waals surface area contributed by atoms with E-state index >= 15 is 0 Å². The molecule has 1 amide bonds. The fraction of sp³-hybridized carbons (Fsp3) is 0.462. The number of anilines is 1. The molecule has 12 heteroatoms. The van der Waals surface area contributed by atoms with Gasteiger partial charge in [0, 0.05) is 37.1 Å². The highest BCUT2D eigenvalue weighted by Crippen LogP contribution is 2.35. The molecule has 140 valence electrons. The summed E-state index contributed by atoms with van der Waals surface area (Å²) in [6.45, 7) is 2.52. The third kappa shape index (κ3) is 7.09. The number of hydrogen-bond acceptors (Lipinski definition) is 6. The topological polar surface area (TPSA) is 142 Å². The van der Waals surface area contributed by atoms with Gasteiger partial charge in [0.05, 0.1) is 22.8 Å². The Labute approximate surface area is 152 Å². The van der Waals surface area contributed by atoms with Crippen molar-refractivity contribution in [3.8, 4) is 0 Å². The average molecular weight is 440 g/mol. The summed E-state index contributed by atoms with van der Waals surface area (Å²) in [5, 5.41) is 14.0. The summed E-state index contributed by atoms with van der Waals surface area (Å²) in [4.78, 5) is 41.8. The van der Waals surface area contributed by atoms with Crippen LogP contribution in [0, 0.1) is 10.1 Å². The van der Waals surface area contributed by atoms with Crippen LogP contribution in [0.1, 0.15) is 17.3 Å². The summed E-state index contributed by atoms with van der Waals surface area (Å²) in [7, 11) is -4.61. The minimum atomic E-state index is -4.61. The van der Waals surface area contributed by atoms with Crippen LogP contribution in [0.3, 0.4) is 0 Å². The maximum atomic E-state index is 12.4. The summed E-state index contributed by atoms with van der Waals surface area (Å²) in [5.74, 6) is -0.596. The second kappa shape index (κ2) is 9.83. The lowest BCUT2D eigenvalue weighted by Crippen LogP contribution is -2.31. The van der Waals surface area contributed by atoms with E-state index in [4.69, 9.17) is 9.79 Å². The number of hydrogen-bond donors (Lipinski definition) is 3. The van der Waals surface area contributed by atoms with Gasteiger partial charge in [-0.05, 0) is 13.0 Å². The monoisotopic (exact) mass is 439 g/mol. The average Bonchev–Trinajstić information content (AvgIpc) is 2.55. The number of nitrogens with zero attached hydrogens (tertiary/aromatic N) is 2. The normalized spacial score (nSPS) is 11.2. The van der Waals surface area contributed by atoms with Gasteiger partial charge in [0.1, 0.15) is 0 Å². The summed E-state index contributed by atoms with van der Waals surface area (Å²) in [5.41, 5.74) is 0.407. The Morgan fingerprint density at radius 1 is 1.48 bits per heavy atom. The van der Waals surface area contributed by atoms with Crippen molar-refractivity contribution in [3.05, 3.63) is 33.9 Å². The molecule has 0 aliphatic carbocycles. The van der Waals surface area contributed by atoms with Gasteiger partial charge in [0.25, 0.3) is 11.6 Å². The highest BCUT2D eigenvalue weighted by atomic mass is 79.9. The molecule has 0 aliphatic heterocycles. The van der Waals surface area contributed by atoms with Crippen molar-refractivity contribution >= 4 is 41.0 Å². The number of carbonyl (C=O) groups excluding carboxylic acids is 1. The fourth-order valence-electron chi connectivity index (χ4n) is 2.07. The smallest absolute Gasteiger partial charge is 0.370 e. The molecule has 0 unspecified atom stereocenters. The Morgan fingerprint density at radius 3 is 2.68 bits per heavy atom. The largest absolute Gasteiger partial charge is 0.469 e. The maximum Gasteiger partial charge on any atom is 0.469 e. The van der Waals surface area contributed by atoms with Crippen LogP contribution in [0.5, 0.6) is 0 Å². The van der Waals surface area contributed by atoms with Crippen molar-refractivity contribution in [1.29, 1.82) is 0 Å². The zero-order valence-corrected chi connectivity index (χ0v) is 15.9. The molecule has 0 saturated carbocycles. The van der Waals surface area contributed by atoms with Gasteiger partial charge in [0.15, 0.2) is 0 Å². The molecule has 0 aliphatic rings. The lowest BCUT2D eigenvalue weighted by molar-refractivity contribution is -0.384. The van der Waals surface area contributed by atoms with E-state index < -0.39 is 18.7 Å². The van der Waals surface area contributed by atoms with Crippen LogP contribution in [-0.2, 0) is 9.09 Å². The van der Waals surface area contributed by atoms with Gasteiger partial charge >= 0.3 is 7.82 Å². The Balaban J connectivity index is 2.99. The van der Waals surface area contributed by atoms with E-state index in [2.05, 4.69) is 25.8 Å². The van der Waals surface area contributed by atoms with Crippen molar-refractivity contribution < 1.29 is 28.6 Å². The maximum absolute atomic E-state index is 12.4. The number of carbonyl (C=O) groups is 1. The summed E-state index contributed by atoms with van der Waals surface area (Å²) < 4.78 is 14.8. The molecule has 0 radical (unpaired) electrons. The predicted molar refractivity (Wildman–Crippen MR) is 95.1 cm³/mol. The molecule has 0 bridgehead atoms. The lowest BCUT2D eigenvalue weighted by atomic mass is 10.1. The van der Waals surface area contributed by atoms with Crippen LogP contribution in [-0.4, -0.2) is 52.2 Å². The zero-order chi connectivity index (χ0) is 19.0. The zero-order valence-electron chi connectivity index (χ0n) is 13.4. The highest BCUT2D eigenvalue weighted by Gasteiger charge is 2.20. The van der Waals surface area contributed by atoms with Gasteiger partial charge in [-0.2, -0.15) is 0 Å². The fourth-order valence-corrected chi connectivity index (χ4v) is 2.83. The molecule has 0 fully saturated rings. The number of non-ortho nitro benzene ring substituents is 1. The summed E-state index contributed by atoms with van der Waals surface area (Å²) in [6.07, 6.45) is 0. The summed E-state index contributed by atoms with van der Waals surface area (Å²) >= 11 is 3.32. The molecular weight excluding hydrogens is 421 g/mol. The van der Waals surface area contributed by atoms with E-state index in [9.17, 15) is 19.5 Å². The van der Waals surface area contributed by atoms with E-state index in [0.29, 0.717) is 24.1 Å². The number of amides is 1. The first-order valence-corrected chi connectivity index (χ1v) is 9.92. The first-order chi connectivity index (χ1) is 11.7. The molecule has 0 saturated heterocycles. The van der Waals surface area contributed by atoms with Gasteiger partial charge in [-0.25, -0.2) is 4.57 Å². The minimum absolute atomic E-state index is 0.105. The Kier molecular flexibility index (Phi) is 8.46. The second-order valence-corrected chi connectivity index (χ2v) is 6.84. The van der Waals surface area contributed by atoms with Crippen molar-refractivity contribution in [1.82, 2.24) is 5.32 Å². The van der Waals surface area contributed by atoms with E-state index in [-0.39, 0.29) is 24.4 Å². The van der Waals surface area contributed by atoms with Gasteiger partial charge in [-0.3, -0.25) is 19.4 Å².